The molecule has 0 unspecified atom stereocenters. The van der Waals surface area contributed by atoms with E-state index in [-0.39, 0.29) is 17.6 Å². The Kier molecular flexibility index (Phi) is 5.39. The Morgan fingerprint density at radius 2 is 1.62 bits per heavy atom. The average molecular weight is 386 g/mol. The molecule has 0 bridgehead atoms. The number of para-hydroxylation sites is 1. The summed E-state index contributed by atoms with van der Waals surface area (Å²) in [4.78, 5) is 13.2. The number of ether oxygens (including phenoxy) is 1. The Balaban J connectivity index is 1.53. The first kappa shape index (κ1) is 19.3. The quantitative estimate of drug-likeness (QED) is 0.629. The number of carbonyl (C=O) groups excluding carboxylic acids is 1. The van der Waals surface area contributed by atoms with Crippen molar-refractivity contribution < 1.29 is 9.53 Å². The van der Waals surface area contributed by atoms with Crippen molar-refractivity contribution >= 4 is 5.91 Å². The van der Waals surface area contributed by atoms with Gasteiger partial charge in [-0.05, 0) is 49.9 Å². The number of carbonyl (C=O) groups is 1. The van der Waals surface area contributed by atoms with Crippen molar-refractivity contribution in [2.45, 2.75) is 44.8 Å². The summed E-state index contributed by atoms with van der Waals surface area (Å²) in [6.45, 7) is 4.13. The number of benzene rings is 3. The Morgan fingerprint density at radius 3 is 2.45 bits per heavy atom. The number of hydrogen-bond acceptors (Lipinski definition) is 2. The van der Waals surface area contributed by atoms with Crippen LogP contribution >= 0.6 is 0 Å². The molecule has 3 nitrogen and oxygen atoms in total. The molecule has 0 saturated heterocycles. The van der Waals surface area contributed by atoms with Gasteiger partial charge in [-0.25, -0.2) is 0 Å². The summed E-state index contributed by atoms with van der Waals surface area (Å²) in [7, 11) is 0. The smallest absolute Gasteiger partial charge is 0.252 e. The molecule has 0 aromatic heterocycles. The molecule has 3 aromatic carbocycles. The molecule has 3 heteroatoms. The van der Waals surface area contributed by atoms with E-state index in [0.29, 0.717) is 0 Å². The number of amides is 1. The van der Waals surface area contributed by atoms with Crippen molar-refractivity contribution in [3.63, 3.8) is 0 Å². The normalized spacial score (nSPS) is 17.1. The van der Waals surface area contributed by atoms with Crippen LogP contribution in [0.3, 0.4) is 0 Å². The van der Waals surface area contributed by atoms with E-state index in [0.717, 1.165) is 41.7 Å². The molecule has 0 radical (unpaired) electrons. The summed E-state index contributed by atoms with van der Waals surface area (Å²) in [6, 6.07) is 26.2. The predicted molar refractivity (Wildman–Crippen MR) is 116 cm³/mol. The lowest BCUT2D eigenvalue weighted by molar-refractivity contribution is 0.0619. The minimum absolute atomic E-state index is 0.0221. The maximum Gasteiger partial charge on any atom is 0.252 e. The summed E-state index contributed by atoms with van der Waals surface area (Å²) in [5.74, 6) is 0.831. The molecule has 148 valence electrons. The zero-order valence-corrected chi connectivity index (χ0v) is 17.0. The molecule has 0 fully saturated rings. The van der Waals surface area contributed by atoms with E-state index in [1.54, 1.807) is 0 Å². The Bertz CT molecular complexity index is 994. The molecular weight excluding hydrogens is 358 g/mol. The molecule has 1 N–H and O–H groups in total. The van der Waals surface area contributed by atoms with Crippen molar-refractivity contribution in [1.82, 2.24) is 5.32 Å². The van der Waals surface area contributed by atoms with Gasteiger partial charge in [0.1, 0.15) is 11.4 Å². The molecule has 1 aliphatic heterocycles. The van der Waals surface area contributed by atoms with Crippen molar-refractivity contribution in [2.75, 3.05) is 0 Å². The van der Waals surface area contributed by atoms with Gasteiger partial charge in [-0.2, -0.15) is 0 Å². The predicted octanol–water partition coefficient (Wildman–Crippen LogP) is 5.50. The molecule has 1 amide bonds. The van der Waals surface area contributed by atoms with Crippen LogP contribution in [0.5, 0.6) is 5.75 Å². The van der Waals surface area contributed by atoms with Gasteiger partial charge in [0, 0.05) is 17.5 Å². The van der Waals surface area contributed by atoms with Crippen molar-refractivity contribution in [3.05, 3.63) is 101 Å². The highest BCUT2D eigenvalue weighted by atomic mass is 16.5. The number of aryl methyl sites for hydroxylation is 2. The van der Waals surface area contributed by atoms with Gasteiger partial charge in [-0.1, -0.05) is 66.7 Å². The first-order chi connectivity index (χ1) is 14.0. The molecule has 0 saturated carbocycles. The largest absolute Gasteiger partial charge is 0.487 e. The summed E-state index contributed by atoms with van der Waals surface area (Å²) < 4.78 is 6.10. The van der Waals surface area contributed by atoms with Crippen LogP contribution in [0.15, 0.2) is 78.9 Å². The minimum Gasteiger partial charge on any atom is -0.487 e. The van der Waals surface area contributed by atoms with E-state index in [1.165, 1.54) is 5.56 Å². The van der Waals surface area contributed by atoms with Gasteiger partial charge in [-0.3, -0.25) is 4.79 Å². The highest BCUT2D eigenvalue weighted by Gasteiger charge is 2.34. The van der Waals surface area contributed by atoms with Crippen molar-refractivity contribution in [1.29, 1.82) is 0 Å². The third-order valence-corrected chi connectivity index (χ3v) is 5.47. The van der Waals surface area contributed by atoms with Gasteiger partial charge >= 0.3 is 0 Å². The maximum absolute atomic E-state index is 13.2. The molecule has 3 aromatic rings. The van der Waals surface area contributed by atoms with Crippen LogP contribution in [0.2, 0.25) is 0 Å². The highest BCUT2D eigenvalue weighted by molar-refractivity contribution is 5.96. The summed E-state index contributed by atoms with van der Waals surface area (Å²) in [5.41, 5.74) is 3.84. The molecule has 0 spiro atoms. The second-order valence-electron chi connectivity index (χ2n) is 8.27. The van der Waals surface area contributed by atoms with E-state index >= 15 is 0 Å². The first-order valence-corrected chi connectivity index (χ1v) is 10.2. The third-order valence-electron chi connectivity index (χ3n) is 5.47. The van der Waals surface area contributed by atoms with Crippen LogP contribution in [0.25, 0.3) is 0 Å². The number of rotatable bonds is 5. The molecular formula is C26H27NO2. The Morgan fingerprint density at radius 1 is 0.931 bits per heavy atom. The van der Waals surface area contributed by atoms with E-state index in [1.807, 2.05) is 48.5 Å². The molecule has 4 rings (SSSR count). The van der Waals surface area contributed by atoms with Gasteiger partial charge in [0.15, 0.2) is 0 Å². The zero-order valence-electron chi connectivity index (χ0n) is 17.0. The molecule has 1 atom stereocenters. The second kappa shape index (κ2) is 8.12. The van der Waals surface area contributed by atoms with Gasteiger partial charge in [0.05, 0.1) is 6.04 Å². The maximum atomic E-state index is 13.2. The van der Waals surface area contributed by atoms with E-state index in [9.17, 15) is 4.79 Å². The first-order valence-electron chi connectivity index (χ1n) is 10.2. The molecule has 1 aliphatic rings. The third kappa shape index (κ3) is 4.51. The zero-order chi connectivity index (χ0) is 20.3. The van der Waals surface area contributed by atoms with E-state index in [4.69, 9.17) is 4.74 Å². The second-order valence-corrected chi connectivity index (χ2v) is 8.27. The number of hydrogen-bond donors (Lipinski definition) is 1. The lowest BCUT2D eigenvalue weighted by atomic mass is 9.89. The van der Waals surface area contributed by atoms with Crippen LogP contribution in [0.1, 0.15) is 53.4 Å². The fourth-order valence-corrected chi connectivity index (χ4v) is 4.05. The Hall–Kier alpha value is -3.07. The van der Waals surface area contributed by atoms with Crippen molar-refractivity contribution in [3.8, 4) is 5.75 Å². The van der Waals surface area contributed by atoms with Crippen LogP contribution in [-0.4, -0.2) is 11.5 Å². The number of fused-ring (bicyclic) bond motifs is 1. The summed E-state index contributed by atoms with van der Waals surface area (Å²) in [5, 5.41) is 3.27. The fourth-order valence-electron chi connectivity index (χ4n) is 4.05. The standard InChI is InChI=1S/C26H27NO2/c1-26(2)18-23(22-14-8-9-15-24(22)29-26)27-25(28)21-13-7-6-12-20(21)17-16-19-10-4-3-5-11-19/h3-15,23H,16-18H2,1-2H3,(H,27,28)/t23-/m1/s1. The van der Waals surface area contributed by atoms with Gasteiger partial charge in [-0.15, -0.1) is 0 Å². The fraction of sp³-hybridized carbons (Fsp3) is 0.269. The summed E-state index contributed by atoms with van der Waals surface area (Å²) >= 11 is 0. The van der Waals surface area contributed by atoms with Gasteiger partial charge in [0.25, 0.3) is 5.91 Å². The van der Waals surface area contributed by atoms with E-state index < -0.39 is 0 Å². The van der Waals surface area contributed by atoms with Crippen LogP contribution < -0.4 is 10.1 Å². The van der Waals surface area contributed by atoms with Crippen LogP contribution in [0.4, 0.5) is 0 Å². The van der Waals surface area contributed by atoms with Crippen LogP contribution in [0, 0.1) is 0 Å². The number of nitrogens with one attached hydrogen (secondary N) is 1. The molecule has 0 aliphatic carbocycles. The lowest BCUT2D eigenvalue weighted by Gasteiger charge is -2.38. The Labute approximate surface area is 172 Å². The van der Waals surface area contributed by atoms with E-state index in [2.05, 4.69) is 49.5 Å². The monoisotopic (exact) mass is 385 g/mol. The van der Waals surface area contributed by atoms with Crippen molar-refractivity contribution in [2.24, 2.45) is 0 Å². The SMILES string of the molecule is CC1(C)C[C@@H](NC(=O)c2ccccc2CCc2ccccc2)c2ccccc2O1. The van der Waals surface area contributed by atoms with Gasteiger partial charge in [0.2, 0.25) is 0 Å². The molecule has 1 heterocycles. The topological polar surface area (TPSA) is 38.3 Å². The summed E-state index contributed by atoms with van der Waals surface area (Å²) in [6.07, 6.45) is 2.49. The van der Waals surface area contributed by atoms with Gasteiger partial charge < -0.3 is 10.1 Å². The minimum atomic E-state index is -0.320. The average Bonchev–Trinajstić information content (AvgIpc) is 2.72. The highest BCUT2D eigenvalue weighted by Crippen LogP contribution is 2.39. The lowest BCUT2D eigenvalue weighted by Crippen LogP contribution is -2.41. The molecule has 29 heavy (non-hydrogen) atoms. The van der Waals surface area contributed by atoms with Crippen LogP contribution in [-0.2, 0) is 12.8 Å².